The summed E-state index contributed by atoms with van der Waals surface area (Å²) in [7, 11) is 1.88. The van der Waals surface area contributed by atoms with Crippen LogP contribution in [0.5, 0.6) is 0 Å². The topological polar surface area (TPSA) is 46.1 Å². The van der Waals surface area contributed by atoms with Gasteiger partial charge in [0.15, 0.2) is 0 Å². The molecule has 4 nitrogen and oxygen atoms in total. The van der Waals surface area contributed by atoms with Gasteiger partial charge in [0.1, 0.15) is 5.69 Å². The van der Waals surface area contributed by atoms with Crippen molar-refractivity contribution in [2.45, 2.75) is 32.7 Å². The van der Waals surface area contributed by atoms with Crippen LogP contribution in [0.2, 0.25) is 0 Å². The number of halogens is 2. The summed E-state index contributed by atoms with van der Waals surface area (Å²) in [6.45, 7) is 6.23. The lowest BCUT2D eigenvalue weighted by Crippen LogP contribution is -2.52. The number of aromatic nitrogens is 1. The summed E-state index contributed by atoms with van der Waals surface area (Å²) in [5.74, 6) is -0.0172. The largest absolute Gasteiger partial charge is 0.349 e. The Bertz CT molecular complexity index is 473. The van der Waals surface area contributed by atoms with E-state index in [9.17, 15) is 4.79 Å². The van der Waals surface area contributed by atoms with E-state index in [4.69, 9.17) is 0 Å². The fraction of sp³-hybridized carbons (Fsp3) is 0.643. The van der Waals surface area contributed by atoms with E-state index in [0.717, 1.165) is 11.0 Å². The first-order valence-corrected chi connectivity index (χ1v) is 7.53. The summed E-state index contributed by atoms with van der Waals surface area (Å²) in [4.78, 5) is 12.2. The quantitative estimate of drug-likeness (QED) is 0.866. The molecule has 1 aromatic heterocycles. The third-order valence-corrected chi connectivity index (χ3v) is 4.44. The minimum Gasteiger partial charge on any atom is -0.349 e. The lowest BCUT2D eigenvalue weighted by Gasteiger charge is -2.39. The van der Waals surface area contributed by atoms with E-state index >= 15 is 0 Å². The number of rotatable bonds is 3. The fourth-order valence-corrected chi connectivity index (χ4v) is 3.18. The zero-order valence-electron chi connectivity index (χ0n) is 12.2. The zero-order valence-corrected chi connectivity index (χ0v) is 14.6. The van der Waals surface area contributed by atoms with Crippen molar-refractivity contribution >= 4 is 34.2 Å². The molecule has 0 bridgehead atoms. The van der Waals surface area contributed by atoms with Crippen molar-refractivity contribution in [2.75, 3.05) is 13.1 Å². The Morgan fingerprint density at radius 3 is 2.85 bits per heavy atom. The van der Waals surface area contributed by atoms with Gasteiger partial charge in [0.2, 0.25) is 0 Å². The zero-order chi connectivity index (χ0) is 14.0. The molecule has 0 spiro atoms. The summed E-state index contributed by atoms with van der Waals surface area (Å²) in [6, 6.07) is 2.18. The van der Waals surface area contributed by atoms with E-state index in [1.165, 1.54) is 12.8 Å². The molecular formula is C14H23BrClN3O. The van der Waals surface area contributed by atoms with Crippen molar-refractivity contribution in [3.63, 3.8) is 0 Å². The predicted molar refractivity (Wildman–Crippen MR) is 87.5 cm³/mol. The second kappa shape index (κ2) is 6.96. The van der Waals surface area contributed by atoms with Crippen LogP contribution in [0, 0.1) is 5.41 Å². The molecule has 0 radical (unpaired) electrons. The van der Waals surface area contributed by atoms with E-state index in [-0.39, 0.29) is 23.7 Å². The van der Waals surface area contributed by atoms with E-state index in [0.29, 0.717) is 18.3 Å². The number of piperidine rings is 1. The number of hydrogen-bond donors (Lipinski definition) is 2. The van der Waals surface area contributed by atoms with Crippen LogP contribution in [0.3, 0.4) is 0 Å². The molecular weight excluding hydrogens is 342 g/mol. The maximum atomic E-state index is 12.2. The molecule has 1 unspecified atom stereocenters. The van der Waals surface area contributed by atoms with Crippen LogP contribution in [0.1, 0.15) is 37.2 Å². The Hall–Kier alpha value is -0.520. The van der Waals surface area contributed by atoms with E-state index in [1.807, 2.05) is 23.9 Å². The molecule has 114 valence electrons. The highest BCUT2D eigenvalue weighted by molar-refractivity contribution is 9.10. The molecule has 1 aliphatic heterocycles. The maximum Gasteiger partial charge on any atom is 0.267 e. The van der Waals surface area contributed by atoms with Crippen molar-refractivity contribution in [1.29, 1.82) is 0 Å². The molecule has 1 aromatic rings. The molecule has 2 rings (SSSR count). The van der Waals surface area contributed by atoms with Gasteiger partial charge in [-0.05, 0) is 46.8 Å². The Balaban J connectivity index is 0.00000200. The van der Waals surface area contributed by atoms with Gasteiger partial charge in [-0.3, -0.25) is 4.79 Å². The first-order chi connectivity index (χ1) is 8.90. The maximum absolute atomic E-state index is 12.2. The molecule has 20 heavy (non-hydrogen) atoms. The van der Waals surface area contributed by atoms with Crippen LogP contribution in [0.25, 0.3) is 0 Å². The molecule has 1 atom stereocenters. The monoisotopic (exact) mass is 363 g/mol. The molecule has 6 heteroatoms. The van der Waals surface area contributed by atoms with Crippen LogP contribution in [-0.2, 0) is 7.05 Å². The second-order valence-electron chi connectivity index (χ2n) is 5.96. The number of amides is 1. The smallest absolute Gasteiger partial charge is 0.267 e. The first-order valence-electron chi connectivity index (χ1n) is 6.73. The lowest BCUT2D eigenvalue weighted by atomic mass is 9.77. The molecule has 1 saturated heterocycles. The number of carbonyl (C=O) groups excluding carboxylic acids is 1. The number of nitrogens with zero attached hydrogens (tertiary/aromatic N) is 1. The molecule has 1 fully saturated rings. The van der Waals surface area contributed by atoms with Gasteiger partial charge in [-0.25, -0.2) is 0 Å². The summed E-state index contributed by atoms with van der Waals surface area (Å²) < 4.78 is 2.76. The highest BCUT2D eigenvalue weighted by Gasteiger charge is 2.32. The van der Waals surface area contributed by atoms with Crippen LogP contribution in [0.15, 0.2) is 16.7 Å². The third-order valence-electron chi connectivity index (χ3n) is 4.00. The molecule has 1 amide bonds. The number of carbonyl (C=O) groups is 1. The van der Waals surface area contributed by atoms with Crippen LogP contribution >= 0.6 is 28.3 Å². The standard InChI is InChI=1S/C14H22BrN3O.ClH/c1-14(2)5-4-6-16-12(14)8-17-13(19)11-7-10(15)9-18(11)3;/h7,9,12,16H,4-6,8H2,1-3H3,(H,17,19);1H. The highest BCUT2D eigenvalue weighted by atomic mass is 79.9. The van der Waals surface area contributed by atoms with Gasteiger partial charge in [-0.2, -0.15) is 0 Å². The lowest BCUT2D eigenvalue weighted by molar-refractivity contribution is 0.0921. The Morgan fingerprint density at radius 2 is 2.30 bits per heavy atom. The van der Waals surface area contributed by atoms with Gasteiger partial charge in [-0.15, -0.1) is 12.4 Å². The number of nitrogens with one attached hydrogen (secondary N) is 2. The Labute approximate surface area is 135 Å². The van der Waals surface area contributed by atoms with E-state index < -0.39 is 0 Å². The SMILES string of the molecule is Cl.Cn1cc(Br)cc1C(=O)NCC1NCCCC1(C)C. The van der Waals surface area contributed by atoms with Crippen molar-refractivity contribution in [2.24, 2.45) is 12.5 Å². The van der Waals surface area contributed by atoms with E-state index in [1.54, 1.807) is 0 Å². The van der Waals surface area contributed by atoms with Gasteiger partial charge in [-0.1, -0.05) is 13.8 Å². The highest BCUT2D eigenvalue weighted by Crippen LogP contribution is 2.29. The molecule has 1 aliphatic rings. The molecule has 0 saturated carbocycles. The van der Waals surface area contributed by atoms with Gasteiger partial charge < -0.3 is 15.2 Å². The average molecular weight is 365 g/mol. The van der Waals surface area contributed by atoms with E-state index in [2.05, 4.69) is 40.4 Å². The van der Waals surface area contributed by atoms with Crippen molar-refractivity contribution < 1.29 is 4.79 Å². The normalized spacial score (nSPS) is 21.1. The first kappa shape index (κ1) is 17.5. The van der Waals surface area contributed by atoms with Crippen LogP contribution < -0.4 is 10.6 Å². The van der Waals surface area contributed by atoms with Crippen LogP contribution in [0.4, 0.5) is 0 Å². The summed E-state index contributed by atoms with van der Waals surface area (Å²) in [5, 5.41) is 6.54. The number of hydrogen-bond acceptors (Lipinski definition) is 2. The predicted octanol–water partition coefficient (Wildman–Crippen LogP) is 2.72. The van der Waals surface area contributed by atoms with Crippen molar-refractivity contribution in [3.05, 3.63) is 22.4 Å². The minimum absolute atomic E-state index is 0. The van der Waals surface area contributed by atoms with Gasteiger partial charge in [0.25, 0.3) is 5.91 Å². The minimum atomic E-state index is -0.0172. The third kappa shape index (κ3) is 3.99. The van der Waals surface area contributed by atoms with Gasteiger partial charge in [0, 0.05) is 30.3 Å². The molecule has 0 aromatic carbocycles. The van der Waals surface area contributed by atoms with Crippen LogP contribution in [-0.4, -0.2) is 29.6 Å². The van der Waals surface area contributed by atoms with Crippen molar-refractivity contribution in [3.8, 4) is 0 Å². The average Bonchev–Trinajstić information content (AvgIpc) is 2.66. The molecule has 0 aliphatic carbocycles. The second-order valence-corrected chi connectivity index (χ2v) is 6.88. The van der Waals surface area contributed by atoms with Crippen molar-refractivity contribution in [1.82, 2.24) is 15.2 Å². The summed E-state index contributed by atoms with van der Waals surface area (Å²) in [6.07, 6.45) is 4.30. The number of aryl methyl sites for hydroxylation is 1. The van der Waals surface area contributed by atoms with Gasteiger partial charge >= 0.3 is 0 Å². The fourth-order valence-electron chi connectivity index (χ4n) is 2.65. The summed E-state index contributed by atoms with van der Waals surface area (Å²) >= 11 is 3.38. The Kier molecular flexibility index (Phi) is 6.10. The van der Waals surface area contributed by atoms with Gasteiger partial charge in [0.05, 0.1) is 0 Å². The summed E-state index contributed by atoms with van der Waals surface area (Å²) in [5.41, 5.74) is 0.917. The molecule has 2 N–H and O–H groups in total. The Morgan fingerprint density at radius 1 is 1.60 bits per heavy atom. The molecule has 2 heterocycles.